The van der Waals surface area contributed by atoms with Gasteiger partial charge in [0.25, 0.3) is 0 Å². The van der Waals surface area contributed by atoms with Crippen molar-refractivity contribution in [1.82, 2.24) is 10.2 Å². The van der Waals surface area contributed by atoms with E-state index >= 15 is 0 Å². The fourth-order valence-electron chi connectivity index (χ4n) is 6.60. The highest BCUT2D eigenvalue weighted by Gasteiger charge is 2.55. The van der Waals surface area contributed by atoms with Gasteiger partial charge in [-0.05, 0) is 96.4 Å². The first kappa shape index (κ1) is 16.7. The minimum atomic E-state index is -0.417. The molecule has 0 aromatic carbocycles. The number of nitrogens with zero attached hydrogens (tertiary/aromatic N) is 1. The molecule has 0 unspecified atom stereocenters. The lowest BCUT2D eigenvalue weighted by atomic mass is 9.52. The maximum absolute atomic E-state index is 12.0. The zero-order chi connectivity index (χ0) is 16.9. The minimum Gasteiger partial charge on any atom is -0.444 e. The minimum absolute atomic E-state index is 0.264. The summed E-state index contributed by atoms with van der Waals surface area (Å²) in [6, 6.07) is 0.508. The quantitative estimate of drug-likeness (QED) is 0.850. The van der Waals surface area contributed by atoms with Gasteiger partial charge in [-0.1, -0.05) is 0 Å². The van der Waals surface area contributed by atoms with Gasteiger partial charge < -0.3 is 10.1 Å². The van der Waals surface area contributed by atoms with Crippen LogP contribution in [0.3, 0.4) is 0 Å². The van der Waals surface area contributed by atoms with Gasteiger partial charge in [-0.25, -0.2) is 4.79 Å². The summed E-state index contributed by atoms with van der Waals surface area (Å²) in [5, 5.41) is 3.04. The molecule has 1 heterocycles. The van der Waals surface area contributed by atoms with Gasteiger partial charge in [0.05, 0.1) is 0 Å². The van der Waals surface area contributed by atoms with Gasteiger partial charge in [-0.3, -0.25) is 4.90 Å². The van der Waals surface area contributed by atoms with E-state index in [2.05, 4.69) is 10.2 Å². The second-order valence-electron chi connectivity index (χ2n) is 10.0. The van der Waals surface area contributed by atoms with Crippen molar-refractivity contribution >= 4 is 6.09 Å². The van der Waals surface area contributed by atoms with E-state index in [1.54, 1.807) is 0 Å². The highest BCUT2D eigenvalue weighted by Crippen LogP contribution is 2.58. The van der Waals surface area contributed by atoms with E-state index in [4.69, 9.17) is 4.74 Å². The van der Waals surface area contributed by atoms with Crippen LogP contribution in [0.2, 0.25) is 0 Å². The van der Waals surface area contributed by atoms with E-state index in [9.17, 15) is 4.79 Å². The second-order valence-corrected chi connectivity index (χ2v) is 10.0. The van der Waals surface area contributed by atoms with Gasteiger partial charge in [0, 0.05) is 18.1 Å². The molecule has 4 nitrogen and oxygen atoms in total. The number of hydrogen-bond donors (Lipinski definition) is 1. The summed E-state index contributed by atoms with van der Waals surface area (Å²) in [4.78, 5) is 14.8. The van der Waals surface area contributed by atoms with E-state index in [-0.39, 0.29) is 6.09 Å². The number of likely N-dealkylation sites (tertiary alicyclic amines) is 1. The predicted molar refractivity (Wildman–Crippen MR) is 94.9 cm³/mol. The van der Waals surface area contributed by atoms with E-state index in [1.807, 2.05) is 20.8 Å². The number of rotatable bonds is 3. The second kappa shape index (κ2) is 5.89. The van der Waals surface area contributed by atoms with Gasteiger partial charge in [0.1, 0.15) is 5.60 Å². The normalized spacial score (nSPS) is 41.6. The molecule has 1 amide bonds. The Morgan fingerprint density at radius 1 is 1.12 bits per heavy atom. The van der Waals surface area contributed by atoms with Crippen molar-refractivity contribution in [3.63, 3.8) is 0 Å². The largest absolute Gasteiger partial charge is 0.444 e. The van der Waals surface area contributed by atoms with Crippen LogP contribution in [0, 0.1) is 17.8 Å². The molecule has 4 aliphatic carbocycles. The van der Waals surface area contributed by atoms with Crippen LogP contribution in [0.4, 0.5) is 4.79 Å². The SMILES string of the molecule is CC(C)(C)OC(=O)NC[C@@H]1CCCN1C12CC3CC(CC(C3)C1)C2. The van der Waals surface area contributed by atoms with E-state index in [0.29, 0.717) is 11.6 Å². The molecule has 1 aliphatic heterocycles. The van der Waals surface area contributed by atoms with Crippen LogP contribution in [0.15, 0.2) is 0 Å². The van der Waals surface area contributed by atoms with Gasteiger partial charge in [-0.2, -0.15) is 0 Å². The van der Waals surface area contributed by atoms with Gasteiger partial charge in [0.2, 0.25) is 0 Å². The Morgan fingerprint density at radius 2 is 1.71 bits per heavy atom. The van der Waals surface area contributed by atoms with Crippen molar-refractivity contribution in [1.29, 1.82) is 0 Å². The standard InChI is InChI=1S/C20H34N2O2/c1-19(2,3)24-18(23)21-13-17-5-4-6-22(17)20-10-14-7-15(11-20)9-16(8-14)12-20/h14-17H,4-13H2,1-3H3,(H,21,23)/t14?,15?,16?,17-,20?/m0/s1. The Balaban J connectivity index is 1.39. The third-order valence-electron chi connectivity index (χ3n) is 6.87. The Labute approximate surface area is 146 Å². The Morgan fingerprint density at radius 3 is 2.25 bits per heavy atom. The first-order valence-corrected chi connectivity index (χ1v) is 10.1. The molecule has 1 N–H and O–H groups in total. The molecule has 4 saturated carbocycles. The number of alkyl carbamates (subject to hydrolysis) is 1. The van der Waals surface area contributed by atoms with Crippen LogP contribution >= 0.6 is 0 Å². The summed E-state index contributed by atoms with van der Waals surface area (Å²) in [7, 11) is 0. The van der Waals surface area contributed by atoms with Gasteiger partial charge >= 0.3 is 6.09 Å². The molecule has 0 radical (unpaired) electrons. The first-order valence-electron chi connectivity index (χ1n) is 10.1. The zero-order valence-corrected chi connectivity index (χ0v) is 15.6. The highest BCUT2D eigenvalue weighted by molar-refractivity contribution is 5.67. The van der Waals surface area contributed by atoms with Crippen molar-refractivity contribution in [3.8, 4) is 0 Å². The van der Waals surface area contributed by atoms with Crippen LogP contribution in [0.1, 0.15) is 72.1 Å². The average molecular weight is 335 g/mol. The lowest BCUT2D eigenvalue weighted by Crippen LogP contribution is -2.62. The molecule has 24 heavy (non-hydrogen) atoms. The van der Waals surface area contributed by atoms with Crippen molar-refractivity contribution in [2.24, 2.45) is 17.8 Å². The van der Waals surface area contributed by atoms with Crippen LogP contribution in [-0.4, -0.2) is 41.3 Å². The third kappa shape index (κ3) is 3.18. The Bertz CT molecular complexity index is 461. The Hall–Kier alpha value is -0.770. The van der Waals surface area contributed by atoms with E-state index < -0.39 is 5.60 Å². The molecule has 5 aliphatic rings. The fourth-order valence-corrected chi connectivity index (χ4v) is 6.60. The summed E-state index contributed by atoms with van der Waals surface area (Å²) in [5.74, 6) is 2.95. The lowest BCUT2D eigenvalue weighted by Gasteiger charge is -2.61. The molecule has 0 spiro atoms. The average Bonchev–Trinajstić information content (AvgIpc) is 2.91. The number of ether oxygens (including phenoxy) is 1. The summed E-state index contributed by atoms with van der Waals surface area (Å²) >= 11 is 0. The monoisotopic (exact) mass is 334 g/mol. The third-order valence-corrected chi connectivity index (χ3v) is 6.87. The number of carbonyl (C=O) groups excluding carboxylic acids is 1. The fraction of sp³-hybridized carbons (Fsp3) is 0.950. The van der Waals surface area contributed by atoms with Gasteiger partial charge in [0.15, 0.2) is 0 Å². The highest BCUT2D eigenvalue weighted by atomic mass is 16.6. The molecular formula is C20H34N2O2. The summed E-state index contributed by atoms with van der Waals surface area (Å²) in [6.45, 7) is 7.74. The van der Waals surface area contributed by atoms with Crippen molar-refractivity contribution < 1.29 is 9.53 Å². The smallest absolute Gasteiger partial charge is 0.407 e. The van der Waals surface area contributed by atoms with E-state index in [0.717, 1.165) is 24.3 Å². The molecular weight excluding hydrogens is 300 g/mol. The summed E-state index contributed by atoms with van der Waals surface area (Å²) in [6.07, 6.45) is 11.0. The molecule has 4 heteroatoms. The maximum Gasteiger partial charge on any atom is 0.407 e. The zero-order valence-electron chi connectivity index (χ0n) is 15.6. The number of nitrogens with one attached hydrogen (secondary N) is 1. The molecule has 0 aromatic rings. The Kier molecular flexibility index (Phi) is 4.10. The number of hydrogen-bond acceptors (Lipinski definition) is 3. The molecule has 5 rings (SSSR count). The van der Waals surface area contributed by atoms with Crippen molar-refractivity contribution in [2.45, 2.75) is 89.3 Å². The molecule has 136 valence electrons. The first-order chi connectivity index (χ1) is 11.3. The molecule has 5 fully saturated rings. The molecule has 0 aromatic heterocycles. The summed E-state index contributed by atoms with van der Waals surface area (Å²) in [5.41, 5.74) is 0.0465. The number of carbonyl (C=O) groups is 1. The molecule has 1 atom stereocenters. The van der Waals surface area contributed by atoms with Gasteiger partial charge in [-0.15, -0.1) is 0 Å². The molecule has 1 saturated heterocycles. The van der Waals surface area contributed by atoms with Crippen LogP contribution in [0.25, 0.3) is 0 Å². The van der Waals surface area contributed by atoms with Crippen LogP contribution in [0.5, 0.6) is 0 Å². The van der Waals surface area contributed by atoms with Crippen LogP contribution < -0.4 is 5.32 Å². The summed E-state index contributed by atoms with van der Waals surface area (Å²) < 4.78 is 5.41. The predicted octanol–water partition coefficient (Wildman–Crippen LogP) is 3.94. The number of amides is 1. The van der Waals surface area contributed by atoms with Crippen molar-refractivity contribution in [3.05, 3.63) is 0 Å². The van der Waals surface area contributed by atoms with Crippen molar-refractivity contribution in [2.75, 3.05) is 13.1 Å². The van der Waals surface area contributed by atoms with Crippen LogP contribution in [-0.2, 0) is 4.74 Å². The lowest BCUT2D eigenvalue weighted by molar-refractivity contribution is -0.0933. The maximum atomic E-state index is 12.0. The topological polar surface area (TPSA) is 41.6 Å². The molecule has 4 bridgehead atoms. The van der Waals surface area contributed by atoms with E-state index in [1.165, 1.54) is 57.9 Å².